The summed E-state index contributed by atoms with van der Waals surface area (Å²) in [5.74, 6) is -0.271. The molecule has 0 aliphatic rings. The first kappa shape index (κ1) is 15.7. The van der Waals surface area contributed by atoms with E-state index in [1.807, 2.05) is 6.92 Å². The van der Waals surface area contributed by atoms with Crippen LogP contribution < -0.4 is 10.9 Å². The molecule has 2 rings (SSSR count). The van der Waals surface area contributed by atoms with Crippen LogP contribution in [0.3, 0.4) is 0 Å². The van der Waals surface area contributed by atoms with Crippen LogP contribution >= 0.6 is 11.3 Å². The van der Waals surface area contributed by atoms with E-state index in [4.69, 9.17) is 0 Å². The lowest BCUT2D eigenvalue weighted by molar-refractivity contribution is 0.0913. The van der Waals surface area contributed by atoms with Gasteiger partial charge in [-0.15, -0.1) is 11.3 Å². The number of hydrogen-bond acceptors (Lipinski definition) is 5. The second kappa shape index (κ2) is 6.36. The number of carbonyl (C=O) groups excluding carboxylic acids is 1. The molecule has 1 amide bonds. The molecular weight excluding hydrogens is 290 g/mol. The number of fused-ring (bicyclic) bond motifs is 1. The van der Waals surface area contributed by atoms with E-state index in [2.05, 4.69) is 10.3 Å². The molecule has 2 aromatic rings. The standard InChI is InChI=1S/C14H19N3O3S/c1-4-5-9(18)6-15-12(19)11-8(2)10-13(21-11)16-7-17(3)14(10)20/h7,9,18H,4-6H2,1-3H3,(H,15,19). The Morgan fingerprint density at radius 1 is 1.57 bits per heavy atom. The van der Waals surface area contributed by atoms with E-state index in [1.165, 1.54) is 22.2 Å². The summed E-state index contributed by atoms with van der Waals surface area (Å²) in [4.78, 5) is 29.5. The first-order valence-corrected chi connectivity index (χ1v) is 7.68. The van der Waals surface area contributed by atoms with Crippen molar-refractivity contribution in [3.63, 3.8) is 0 Å². The van der Waals surface area contributed by atoms with Gasteiger partial charge in [-0.1, -0.05) is 13.3 Å². The van der Waals surface area contributed by atoms with Gasteiger partial charge in [0, 0.05) is 13.6 Å². The van der Waals surface area contributed by atoms with Crippen LogP contribution in [0.2, 0.25) is 0 Å². The van der Waals surface area contributed by atoms with Crippen molar-refractivity contribution in [3.8, 4) is 0 Å². The fraction of sp³-hybridized carbons (Fsp3) is 0.500. The van der Waals surface area contributed by atoms with Gasteiger partial charge < -0.3 is 15.0 Å². The van der Waals surface area contributed by atoms with Gasteiger partial charge in [-0.05, 0) is 18.9 Å². The van der Waals surface area contributed by atoms with Crippen LogP contribution in [-0.4, -0.2) is 33.2 Å². The predicted molar refractivity (Wildman–Crippen MR) is 82.8 cm³/mol. The van der Waals surface area contributed by atoms with Crippen molar-refractivity contribution in [1.82, 2.24) is 14.9 Å². The summed E-state index contributed by atoms with van der Waals surface area (Å²) in [6.07, 6.45) is 2.42. The normalized spacial score (nSPS) is 12.6. The predicted octanol–water partition coefficient (Wildman–Crippen LogP) is 1.19. The van der Waals surface area contributed by atoms with E-state index in [0.29, 0.717) is 27.1 Å². The highest BCUT2D eigenvalue weighted by molar-refractivity contribution is 7.20. The lowest BCUT2D eigenvalue weighted by Gasteiger charge is -2.10. The topological polar surface area (TPSA) is 84.2 Å². The van der Waals surface area contributed by atoms with E-state index in [9.17, 15) is 14.7 Å². The van der Waals surface area contributed by atoms with Gasteiger partial charge in [-0.3, -0.25) is 9.59 Å². The highest BCUT2D eigenvalue weighted by Gasteiger charge is 2.19. The van der Waals surface area contributed by atoms with Crippen molar-refractivity contribution in [2.24, 2.45) is 7.05 Å². The molecule has 2 heterocycles. The van der Waals surface area contributed by atoms with E-state index in [-0.39, 0.29) is 18.0 Å². The molecule has 21 heavy (non-hydrogen) atoms. The maximum atomic E-state index is 12.2. The second-order valence-corrected chi connectivity index (χ2v) is 6.05. The number of nitrogens with zero attached hydrogens (tertiary/aromatic N) is 2. The molecule has 0 aliphatic carbocycles. The van der Waals surface area contributed by atoms with Gasteiger partial charge in [0.25, 0.3) is 11.5 Å². The minimum absolute atomic E-state index is 0.154. The van der Waals surface area contributed by atoms with Gasteiger partial charge in [0.1, 0.15) is 4.83 Å². The Hall–Kier alpha value is -1.73. The van der Waals surface area contributed by atoms with Crippen LogP contribution in [0.5, 0.6) is 0 Å². The smallest absolute Gasteiger partial charge is 0.262 e. The maximum Gasteiger partial charge on any atom is 0.262 e. The van der Waals surface area contributed by atoms with E-state index in [0.717, 1.165) is 6.42 Å². The average Bonchev–Trinajstić information content (AvgIpc) is 2.78. The van der Waals surface area contributed by atoms with Crippen LogP contribution in [-0.2, 0) is 7.05 Å². The van der Waals surface area contributed by atoms with Crippen molar-refractivity contribution in [1.29, 1.82) is 0 Å². The van der Waals surface area contributed by atoms with Crippen molar-refractivity contribution in [3.05, 3.63) is 27.1 Å². The summed E-state index contributed by atoms with van der Waals surface area (Å²) in [5, 5.41) is 12.9. The number of nitrogens with one attached hydrogen (secondary N) is 1. The molecule has 0 saturated carbocycles. The summed E-state index contributed by atoms with van der Waals surface area (Å²) in [6.45, 7) is 3.94. The lowest BCUT2D eigenvalue weighted by atomic mass is 10.2. The minimum Gasteiger partial charge on any atom is -0.391 e. The zero-order valence-corrected chi connectivity index (χ0v) is 13.2. The molecule has 6 nitrogen and oxygen atoms in total. The van der Waals surface area contributed by atoms with Crippen molar-refractivity contribution in [2.45, 2.75) is 32.8 Å². The molecule has 2 N–H and O–H groups in total. The largest absolute Gasteiger partial charge is 0.391 e. The first-order chi connectivity index (χ1) is 9.95. The minimum atomic E-state index is -0.542. The third-order valence-corrected chi connectivity index (χ3v) is 4.54. The van der Waals surface area contributed by atoms with Crippen molar-refractivity contribution in [2.75, 3.05) is 6.54 Å². The van der Waals surface area contributed by atoms with E-state index < -0.39 is 6.10 Å². The third-order valence-electron chi connectivity index (χ3n) is 3.34. The highest BCUT2D eigenvalue weighted by atomic mass is 32.1. The zero-order chi connectivity index (χ0) is 15.6. The molecule has 0 aliphatic heterocycles. The van der Waals surface area contributed by atoms with Crippen LogP contribution in [0.25, 0.3) is 10.2 Å². The molecule has 1 unspecified atom stereocenters. The summed E-state index contributed by atoms with van der Waals surface area (Å²) in [5.41, 5.74) is 0.491. The van der Waals surface area contributed by atoms with Crippen LogP contribution in [0.15, 0.2) is 11.1 Å². The molecule has 2 aromatic heterocycles. The monoisotopic (exact) mass is 309 g/mol. The molecule has 0 fully saturated rings. The molecule has 0 spiro atoms. The lowest BCUT2D eigenvalue weighted by Crippen LogP contribution is -2.31. The molecular formula is C14H19N3O3S. The second-order valence-electron chi connectivity index (χ2n) is 5.05. The molecule has 0 bridgehead atoms. The molecule has 7 heteroatoms. The van der Waals surface area contributed by atoms with Gasteiger partial charge in [0.15, 0.2) is 0 Å². The quantitative estimate of drug-likeness (QED) is 0.869. The summed E-state index contributed by atoms with van der Waals surface area (Å²) >= 11 is 1.20. The van der Waals surface area contributed by atoms with Gasteiger partial charge in [0.05, 0.1) is 22.7 Å². The SMILES string of the molecule is CCCC(O)CNC(=O)c1sc2ncn(C)c(=O)c2c1C. The molecule has 114 valence electrons. The number of aromatic nitrogens is 2. The first-order valence-electron chi connectivity index (χ1n) is 6.86. The summed E-state index contributed by atoms with van der Waals surface area (Å²) < 4.78 is 1.40. The Balaban J connectivity index is 2.26. The number of thiophene rings is 1. The number of aliphatic hydroxyl groups excluding tert-OH is 1. The number of hydrogen-bond donors (Lipinski definition) is 2. The van der Waals surface area contributed by atoms with Gasteiger partial charge >= 0.3 is 0 Å². The van der Waals surface area contributed by atoms with Gasteiger partial charge in [0.2, 0.25) is 0 Å². The molecule has 0 radical (unpaired) electrons. The summed E-state index contributed by atoms with van der Waals surface area (Å²) in [7, 11) is 1.63. The van der Waals surface area contributed by atoms with E-state index >= 15 is 0 Å². The molecule has 1 atom stereocenters. The Kier molecular flexibility index (Phi) is 4.74. The van der Waals surface area contributed by atoms with Crippen LogP contribution in [0.4, 0.5) is 0 Å². The molecule has 0 saturated heterocycles. The van der Waals surface area contributed by atoms with Gasteiger partial charge in [-0.2, -0.15) is 0 Å². The Morgan fingerprint density at radius 3 is 2.95 bits per heavy atom. The zero-order valence-electron chi connectivity index (χ0n) is 12.3. The number of aliphatic hydroxyl groups is 1. The van der Waals surface area contributed by atoms with E-state index in [1.54, 1.807) is 14.0 Å². The average molecular weight is 309 g/mol. The Labute approximate surface area is 126 Å². The maximum absolute atomic E-state index is 12.2. The Morgan fingerprint density at radius 2 is 2.29 bits per heavy atom. The third kappa shape index (κ3) is 3.14. The number of amides is 1. The molecule has 0 aromatic carbocycles. The highest BCUT2D eigenvalue weighted by Crippen LogP contribution is 2.26. The summed E-state index contributed by atoms with van der Waals surface area (Å²) in [6, 6.07) is 0. The fourth-order valence-corrected chi connectivity index (χ4v) is 3.21. The fourth-order valence-electron chi connectivity index (χ4n) is 2.15. The van der Waals surface area contributed by atoms with Gasteiger partial charge in [-0.25, -0.2) is 4.98 Å². The van der Waals surface area contributed by atoms with Crippen LogP contribution in [0, 0.1) is 6.92 Å². The van der Waals surface area contributed by atoms with Crippen LogP contribution in [0.1, 0.15) is 35.0 Å². The Bertz CT molecular complexity index is 720. The van der Waals surface area contributed by atoms with Crippen molar-refractivity contribution < 1.29 is 9.90 Å². The number of aryl methyl sites for hydroxylation is 2. The number of carbonyl (C=O) groups is 1. The van der Waals surface area contributed by atoms with Crippen molar-refractivity contribution >= 4 is 27.5 Å². The number of rotatable bonds is 5.